The zero-order valence-corrected chi connectivity index (χ0v) is 15.6. The number of rotatable bonds is 4. The highest BCUT2D eigenvalue weighted by Gasteiger charge is 2.30. The van der Waals surface area contributed by atoms with E-state index in [1.54, 1.807) is 23.1 Å². The molecule has 1 aromatic carbocycles. The molecule has 1 fully saturated rings. The van der Waals surface area contributed by atoms with Crippen molar-refractivity contribution in [3.63, 3.8) is 0 Å². The maximum absolute atomic E-state index is 12.9. The van der Waals surface area contributed by atoms with Crippen molar-refractivity contribution in [2.45, 2.75) is 44.6 Å². The fourth-order valence-electron chi connectivity index (χ4n) is 3.53. The van der Waals surface area contributed by atoms with Gasteiger partial charge in [0.1, 0.15) is 11.6 Å². The SMILES string of the molecule is Cc1ccc2c(c1)CCC(C(=O)Nc1cc(C3CC3)nn1-c1ncccn1)O2. The van der Waals surface area contributed by atoms with Crippen LogP contribution in [0.4, 0.5) is 5.82 Å². The Hall–Kier alpha value is -3.22. The highest BCUT2D eigenvalue weighted by Crippen LogP contribution is 2.40. The number of carbonyl (C=O) groups is 1. The predicted molar refractivity (Wildman–Crippen MR) is 104 cm³/mol. The summed E-state index contributed by atoms with van der Waals surface area (Å²) in [5, 5.41) is 7.60. The first-order chi connectivity index (χ1) is 13.7. The molecule has 2 aliphatic rings. The number of anilines is 1. The normalized spacial score (nSPS) is 18.2. The van der Waals surface area contributed by atoms with E-state index in [4.69, 9.17) is 4.74 Å². The van der Waals surface area contributed by atoms with E-state index in [0.717, 1.165) is 36.3 Å². The first-order valence-corrected chi connectivity index (χ1v) is 9.62. The molecule has 3 aromatic rings. The van der Waals surface area contributed by atoms with Crippen molar-refractivity contribution >= 4 is 11.7 Å². The molecule has 0 spiro atoms. The second kappa shape index (κ2) is 6.74. The number of ether oxygens (including phenoxy) is 1. The monoisotopic (exact) mass is 375 g/mol. The molecule has 1 N–H and O–H groups in total. The third kappa shape index (κ3) is 3.24. The zero-order chi connectivity index (χ0) is 19.1. The molecular weight excluding hydrogens is 354 g/mol. The van der Waals surface area contributed by atoms with Crippen molar-refractivity contribution in [3.8, 4) is 11.7 Å². The lowest BCUT2D eigenvalue weighted by Gasteiger charge is -2.25. The number of hydrogen-bond acceptors (Lipinski definition) is 5. The molecule has 28 heavy (non-hydrogen) atoms. The van der Waals surface area contributed by atoms with Crippen molar-refractivity contribution in [1.29, 1.82) is 0 Å². The van der Waals surface area contributed by atoms with Crippen LogP contribution in [0, 0.1) is 6.92 Å². The molecular formula is C21H21N5O2. The molecule has 1 aliphatic heterocycles. The van der Waals surface area contributed by atoms with Gasteiger partial charge in [-0.1, -0.05) is 17.7 Å². The van der Waals surface area contributed by atoms with Crippen molar-refractivity contribution < 1.29 is 9.53 Å². The molecule has 7 nitrogen and oxygen atoms in total. The molecule has 1 amide bonds. The van der Waals surface area contributed by atoms with Crippen LogP contribution in [0.2, 0.25) is 0 Å². The van der Waals surface area contributed by atoms with E-state index >= 15 is 0 Å². The number of hydrogen-bond donors (Lipinski definition) is 1. The largest absolute Gasteiger partial charge is 0.480 e. The third-order valence-corrected chi connectivity index (χ3v) is 5.17. The van der Waals surface area contributed by atoms with Crippen LogP contribution in [0.1, 0.15) is 42.0 Å². The number of aryl methyl sites for hydroxylation is 2. The van der Waals surface area contributed by atoms with Crippen molar-refractivity contribution in [1.82, 2.24) is 19.7 Å². The molecule has 7 heteroatoms. The Kier molecular flexibility index (Phi) is 4.07. The second-order valence-corrected chi connectivity index (χ2v) is 7.43. The van der Waals surface area contributed by atoms with E-state index in [1.807, 2.05) is 18.2 Å². The van der Waals surface area contributed by atoms with Gasteiger partial charge in [-0.25, -0.2) is 9.97 Å². The maximum Gasteiger partial charge on any atom is 0.266 e. The Morgan fingerprint density at radius 3 is 2.79 bits per heavy atom. The van der Waals surface area contributed by atoms with E-state index in [-0.39, 0.29) is 5.91 Å². The summed E-state index contributed by atoms with van der Waals surface area (Å²) in [6, 6.07) is 9.74. The van der Waals surface area contributed by atoms with E-state index in [9.17, 15) is 4.79 Å². The molecule has 2 aromatic heterocycles. The molecule has 1 aliphatic carbocycles. The average Bonchev–Trinajstić information content (AvgIpc) is 3.49. The minimum absolute atomic E-state index is 0.175. The van der Waals surface area contributed by atoms with Gasteiger partial charge in [0.2, 0.25) is 0 Å². The topological polar surface area (TPSA) is 81.9 Å². The summed E-state index contributed by atoms with van der Waals surface area (Å²) in [6.07, 6.45) is 6.52. The Morgan fingerprint density at radius 1 is 1.18 bits per heavy atom. The van der Waals surface area contributed by atoms with Crippen molar-refractivity contribution in [2.24, 2.45) is 0 Å². The van der Waals surface area contributed by atoms with Gasteiger partial charge in [0.15, 0.2) is 6.10 Å². The Bertz CT molecular complexity index is 1030. The van der Waals surface area contributed by atoms with Gasteiger partial charge in [0.05, 0.1) is 5.69 Å². The average molecular weight is 375 g/mol. The molecule has 5 rings (SSSR count). The molecule has 0 saturated heterocycles. The van der Waals surface area contributed by atoms with Crippen LogP contribution in [-0.4, -0.2) is 31.8 Å². The molecule has 1 atom stereocenters. The first kappa shape index (κ1) is 16.9. The molecule has 0 radical (unpaired) electrons. The van der Waals surface area contributed by atoms with Crippen molar-refractivity contribution in [3.05, 3.63) is 59.5 Å². The Labute approximate surface area is 162 Å². The summed E-state index contributed by atoms with van der Waals surface area (Å²) >= 11 is 0. The highest BCUT2D eigenvalue weighted by atomic mass is 16.5. The van der Waals surface area contributed by atoms with Crippen LogP contribution in [0.3, 0.4) is 0 Å². The zero-order valence-electron chi connectivity index (χ0n) is 15.6. The lowest BCUT2D eigenvalue weighted by Crippen LogP contribution is -2.36. The van der Waals surface area contributed by atoms with Gasteiger partial charge in [-0.2, -0.15) is 9.78 Å². The summed E-state index contributed by atoms with van der Waals surface area (Å²) < 4.78 is 7.56. The number of amides is 1. The number of fused-ring (bicyclic) bond motifs is 1. The second-order valence-electron chi connectivity index (χ2n) is 7.43. The number of benzene rings is 1. The summed E-state index contributed by atoms with van der Waals surface area (Å²) in [7, 11) is 0. The fourth-order valence-corrected chi connectivity index (χ4v) is 3.53. The van der Waals surface area contributed by atoms with Gasteiger partial charge in [-0.05, 0) is 50.3 Å². The van der Waals surface area contributed by atoms with Crippen LogP contribution < -0.4 is 10.1 Å². The quantitative estimate of drug-likeness (QED) is 0.757. The van der Waals surface area contributed by atoms with Crippen LogP contribution in [-0.2, 0) is 11.2 Å². The van der Waals surface area contributed by atoms with E-state index < -0.39 is 6.10 Å². The minimum Gasteiger partial charge on any atom is -0.480 e. The van der Waals surface area contributed by atoms with E-state index in [1.165, 1.54) is 5.56 Å². The van der Waals surface area contributed by atoms with E-state index in [2.05, 4.69) is 33.4 Å². The smallest absolute Gasteiger partial charge is 0.266 e. The molecule has 1 saturated carbocycles. The van der Waals surface area contributed by atoms with Gasteiger partial charge in [0, 0.05) is 24.4 Å². The molecule has 1 unspecified atom stereocenters. The number of carbonyl (C=O) groups excluding carboxylic acids is 1. The van der Waals surface area contributed by atoms with Crippen LogP contribution in [0.25, 0.3) is 5.95 Å². The lowest BCUT2D eigenvalue weighted by atomic mass is 10.00. The summed E-state index contributed by atoms with van der Waals surface area (Å²) in [6.45, 7) is 2.06. The van der Waals surface area contributed by atoms with Gasteiger partial charge in [-0.3, -0.25) is 4.79 Å². The summed E-state index contributed by atoms with van der Waals surface area (Å²) in [4.78, 5) is 21.4. The number of nitrogens with one attached hydrogen (secondary N) is 1. The van der Waals surface area contributed by atoms with Gasteiger partial charge >= 0.3 is 0 Å². The van der Waals surface area contributed by atoms with Gasteiger partial charge in [-0.15, -0.1) is 0 Å². The standard InChI is InChI=1S/C21H21N5O2/c1-13-3-7-17-15(11-13)6-8-18(28-17)20(27)24-19-12-16(14-4-5-14)25-26(19)21-22-9-2-10-23-21/h2-3,7,9-12,14,18H,4-6,8H2,1H3,(H,24,27). The lowest BCUT2D eigenvalue weighted by molar-refractivity contribution is -0.123. The Balaban J connectivity index is 1.38. The number of nitrogens with zero attached hydrogens (tertiary/aromatic N) is 4. The molecule has 3 heterocycles. The van der Waals surface area contributed by atoms with Crippen LogP contribution in [0.5, 0.6) is 5.75 Å². The van der Waals surface area contributed by atoms with Crippen molar-refractivity contribution in [2.75, 3.05) is 5.32 Å². The summed E-state index contributed by atoms with van der Waals surface area (Å²) in [5.41, 5.74) is 3.32. The van der Waals surface area contributed by atoms with Crippen LogP contribution in [0.15, 0.2) is 42.7 Å². The third-order valence-electron chi connectivity index (χ3n) is 5.17. The summed E-state index contributed by atoms with van der Waals surface area (Å²) in [5.74, 6) is 2.09. The highest BCUT2D eigenvalue weighted by molar-refractivity contribution is 5.94. The fraction of sp³-hybridized carbons (Fsp3) is 0.333. The molecule has 142 valence electrons. The Morgan fingerprint density at radius 2 is 2.00 bits per heavy atom. The minimum atomic E-state index is -0.528. The predicted octanol–water partition coefficient (Wildman–Crippen LogP) is 3.18. The van der Waals surface area contributed by atoms with Gasteiger partial charge < -0.3 is 10.1 Å². The first-order valence-electron chi connectivity index (χ1n) is 9.62. The molecule has 0 bridgehead atoms. The number of aromatic nitrogens is 4. The van der Waals surface area contributed by atoms with E-state index in [0.29, 0.717) is 24.1 Å². The van der Waals surface area contributed by atoms with Crippen LogP contribution >= 0.6 is 0 Å². The maximum atomic E-state index is 12.9. The van der Waals surface area contributed by atoms with Gasteiger partial charge in [0.25, 0.3) is 11.9 Å².